The van der Waals surface area contributed by atoms with Crippen LogP contribution in [-0.4, -0.2) is 19.1 Å². The Morgan fingerprint density at radius 3 is 2.43 bits per heavy atom. The zero-order valence-electron chi connectivity index (χ0n) is 13.3. The number of halogens is 1. The number of carbonyl (C=O) groups excluding carboxylic acids is 1. The molecule has 5 heteroatoms. The van der Waals surface area contributed by atoms with Crippen molar-refractivity contribution in [3.8, 4) is 11.5 Å². The van der Waals surface area contributed by atoms with E-state index in [-0.39, 0.29) is 18.3 Å². The molecule has 2 aromatic carbocycles. The summed E-state index contributed by atoms with van der Waals surface area (Å²) in [7, 11) is 0. The Labute approximate surface area is 135 Å². The second kappa shape index (κ2) is 8.17. The molecule has 0 aromatic heterocycles. The fraction of sp³-hybridized carbons (Fsp3) is 0.278. The lowest BCUT2D eigenvalue weighted by molar-refractivity contribution is 0.0950. The summed E-state index contributed by atoms with van der Waals surface area (Å²) in [5.74, 6) is 0.486. The number of rotatable bonds is 7. The fourth-order valence-corrected chi connectivity index (χ4v) is 2.11. The van der Waals surface area contributed by atoms with Gasteiger partial charge in [-0.05, 0) is 38.1 Å². The predicted octanol–water partition coefficient (Wildman–Crippen LogP) is 3.55. The molecular weight excluding hydrogens is 297 g/mol. The van der Waals surface area contributed by atoms with E-state index in [2.05, 4.69) is 5.32 Å². The molecule has 122 valence electrons. The molecule has 2 aromatic rings. The fourth-order valence-electron chi connectivity index (χ4n) is 2.11. The molecule has 1 amide bonds. The molecule has 0 aliphatic heterocycles. The number of hydrogen-bond acceptors (Lipinski definition) is 3. The summed E-state index contributed by atoms with van der Waals surface area (Å²) < 4.78 is 24.5. The zero-order chi connectivity index (χ0) is 16.7. The van der Waals surface area contributed by atoms with Crippen molar-refractivity contribution in [1.82, 2.24) is 5.32 Å². The third-order valence-corrected chi connectivity index (χ3v) is 3.20. The van der Waals surface area contributed by atoms with Crippen molar-refractivity contribution in [2.45, 2.75) is 20.4 Å². The largest absolute Gasteiger partial charge is 0.490 e. The summed E-state index contributed by atoms with van der Waals surface area (Å²) in [6, 6.07) is 11.3. The highest BCUT2D eigenvalue weighted by Gasteiger charge is 2.12. The molecule has 0 unspecified atom stereocenters. The molecule has 0 aliphatic carbocycles. The van der Waals surface area contributed by atoms with Crippen LogP contribution in [0, 0.1) is 5.82 Å². The SMILES string of the molecule is CCOc1ccc(C(=O)NCc2ccccc2F)cc1OCC. The summed E-state index contributed by atoms with van der Waals surface area (Å²) in [6.45, 7) is 4.85. The Hall–Kier alpha value is -2.56. The third kappa shape index (κ3) is 4.45. The molecule has 2 rings (SSSR count). The number of hydrogen-bond donors (Lipinski definition) is 1. The molecule has 0 radical (unpaired) electrons. The normalized spacial score (nSPS) is 10.2. The summed E-state index contributed by atoms with van der Waals surface area (Å²) in [5, 5.41) is 2.70. The molecule has 0 fully saturated rings. The van der Waals surface area contributed by atoms with Crippen molar-refractivity contribution < 1.29 is 18.7 Å². The van der Waals surface area contributed by atoms with Gasteiger partial charge in [0.05, 0.1) is 13.2 Å². The van der Waals surface area contributed by atoms with Crippen LogP contribution in [0.4, 0.5) is 4.39 Å². The molecule has 0 heterocycles. The van der Waals surface area contributed by atoms with Crippen LogP contribution < -0.4 is 14.8 Å². The van der Waals surface area contributed by atoms with Crippen LogP contribution >= 0.6 is 0 Å². The molecule has 0 spiro atoms. The third-order valence-electron chi connectivity index (χ3n) is 3.20. The van der Waals surface area contributed by atoms with E-state index in [9.17, 15) is 9.18 Å². The van der Waals surface area contributed by atoms with Crippen molar-refractivity contribution in [2.24, 2.45) is 0 Å². The summed E-state index contributed by atoms with van der Waals surface area (Å²) in [6.07, 6.45) is 0. The standard InChI is InChI=1S/C18H20FNO3/c1-3-22-16-10-9-13(11-17(16)23-4-2)18(21)20-12-14-7-5-6-8-15(14)19/h5-11H,3-4,12H2,1-2H3,(H,20,21). The Kier molecular flexibility index (Phi) is 5.97. The monoisotopic (exact) mass is 317 g/mol. The lowest BCUT2D eigenvalue weighted by Crippen LogP contribution is -2.23. The second-order valence-corrected chi connectivity index (χ2v) is 4.80. The van der Waals surface area contributed by atoms with Crippen molar-refractivity contribution >= 4 is 5.91 Å². The van der Waals surface area contributed by atoms with Crippen molar-refractivity contribution in [3.05, 3.63) is 59.4 Å². The maximum Gasteiger partial charge on any atom is 0.251 e. The van der Waals surface area contributed by atoms with Crippen molar-refractivity contribution in [3.63, 3.8) is 0 Å². The molecule has 0 aliphatic rings. The minimum atomic E-state index is -0.338. The minimum Gasteiger partial charge on any atom is -0.490 e. The number of carbonyl (C=O) groups is 1. The quantitative estimate of drug-likeness (QED) is 0.849. The van der Waals surface area contributed by atoms with Crippen LogP contribution in [0.5, 0.6) is 11.5 Å². The Balaban J connectivity index is 2.09. The van der Waals surface area contributed by atoms with Gasteiger partial charge in [0.25, 0.3) is 5.91 Å². The van der Waals surface area contributed by atoms with E-state index in [4.69, 9.17) is 9.47 Å². The van der Waals surface area contributed by atoms with Gasteiger partial charge in [0.2, 0.25) is 0 Å². The van der Waals surface area contributed by atoms with Gasteiger partial charge in [0.1, 0.15) is 5.82 Å². The molecule has 0 bridgehead atoms. The van der Waals surface area contributed by atoms with E-state index in [0.29, 0.717) is 35.8 Å². The van der Waals surface area contributed by atoms with Crippen LogP contribution in [-0.2, 0) is 6.54 Å². The number of benzene rings is 2. The van der Waals surface area contributed by atoms with E-state index in [1.165, 1.54) is 6.07 Å². The first-order valence-electron chi connectivity index (χ1n) is 7.57. The average molecular weight is 317 g/mol. The zero-order valence-corrected chi connectivity index (χ0v) is 13.3. The molecule has 0 atom stereocenters. The van der Waals surface area contributed by atoms with E-state index >= 15 is 0 Å². The highest BCUT2D eigenvalue weighted by molar-refractivity contribution is 5.94. The van der Waals surface area contributed by atoms with E-state index in [1.54, 1.807) is 36.4 Å². The highest BCUT2D eigenvalue weighted by atomic mass is 19.1. The second-order valence-electron chi connectivity index (χ2n) is 4.80. The molecule has 4 nitrogen and oxygen atoms in total. The first-order valence-corrected chi connectivity index (χ1v) is 7.57. The lowest BCUT2D eigenvalue weighted by atomic mass is 10.1. The predicted molar refractivity (Wildman–Crippen MR) is 86.4 cm³/mol. The Morgan fingerprint density at radius 1 is 1.04 bits per heavy atom. The smallest absolute Gasteiger partial charge is 0.251 e. The summed E-state index contributed by atoms with van der Waals surface area (Å²) in [5.41, 5.74) is 0.880. The summed E-state index contributed by atoms with van der Waals surface area (Å²) >= 11 is 0. The topological polar surface area (TPSA) is 47.6 Å². The van der Waals surface area contributed by atoms with Crippen LogP contribution in [0.3, 0.4) is 0 Å². The van der Waals surface area contributed by atoms with E-state index < -0.39 is 0 Å². The molecule has 0 saturated carbocycles. The van der Waals surface area contributed by atoms with E-state index in [1.807, 2.05) is 13.8 Å². The molecule has 23 heavy (non-hydrogen) atoms. The van der Waals surface area contributed by atoms with E-state index in [0.717, 1.165) is 0 Å². The highest BCUT2D eigenvalue weighted by Crippen LogP contribution is 2.28. The minimum absolute atomic E-state index is 0.128. The van der Waals surface area contributed by atoms with Gasteiger partial charge < -0.3 is 14.8 Å². The molecule has 0 saturated heterocycles. The van der Waals surface area contributed by atoms with Crippen molar-refractivity contribution in [2.75, 3.05) is 13.2 Å². The van der Waals surface area contributed by atoms with Crippen LogP contribution in [0.2, 0.25) is 0 Å². The maximum absolute atomic E-state index is 13.6. The van der Waals surface area contributed by atoms with Gasteiger partial charge in [-0.15, -0.1) is 0 Å². The van der Waals surface area contributed by atoms with Crippen LogP contribution in [0.1, 0.15) is 29.8 Å². The first kappa shape index (κ1) is 16.8. The molecular formula is C18H20FNO3. The first-order chi connectivity index (χ1) is 11.2. The van der Waals surface area contributed by atoms with Crippen LogP contribution in [0.25, 0.3) is 0 Å². The van der Waals surface area contributed by atoms with Gasteiger partial charge in [0, 0.05) is 17.7 Å². The van der Waals surface area contributed by atoms with Gasteiger partial charge in [-0.1, -0.05) is 18.2 Å². The van der Waals surface area contributed by atoms with Crippen molar-refractivity contribution in [1.29, 1.82) is 0 Å². The van der Waals surface area contributed by atoms with Gasteiger partial charge in [-0.25, -0.2) is 4.39 Å². The van der Waals surface area contributed by atoms with Gasteiger partial charge in [-0.3, -0.25) is 4.79 Å². The van der Waals surface area contributed by atoms with Gasteiger partial charge >= 0.3 is 0 Å². The summed E-state index contributed by atoms with van der Waals surface area (Å²) in [4.78, 5) is 12.2. The maximum atomic E-state index is 13.6. The number of ether oxygens (including phenoxy) is 2. The average Bonchev–Trinajstić information content (AvgIpc) is 2.56. The molecule has 1 N–H and O–H groups in total. The number of amides is 1. The van der Waals surface area contributed by atoms with Crippen LogP contribution in [0.15, 0.2) is 42.5 Å². The number of nitrogens with one attached hydrogen (secondary N) is 1. The Morgan fingerprint density at radius 2 is 1.74 bits per heavy atom. The Bertz CT molecular complexity index is 673. The van der Waals surface area contributed by atoms with Gasteiger partial charge in [-0.2, -0.15) is 0 Å². The van der Waals surface area contributed by atoms with Gasteiger partial charge in [0.15, 0.2) is 11.5 Å². The lowest BCUT2D eigenvalue weighted by Gasteiger charge is -2.12.